The summed E-state index contributed by atoms with van der Waals surface area (Å²) in [6, 6.07) is 24.2. The van der Waals surface area contributed by atoms with E-state index in [1.54, 1.807) is 0 Å². The third-order valence-corrected chi connectivity index (χ3v) is 6.29. The van der Waals surface area contributed by atoms with Crippen LogP contribution in [-0.4, -0.2) is 42.9 Å². The molecule has 0 saturated heterocycles. The summed E-state index contributed by atoms with van der Waals surface area (Å²) in [5, 5.41) is 11.4. The van der Waals surface area contributed by atoms with Crippen LogP contribution in [0.15, 0.2) is 72.8 Å². The minimum Gasteiger partial charge on any atom is -0.492 e. The molecule has 164 valence electrons. The lowest BCUT2D eigenvalue weighted by molar-refractivity contribution is 0.222. The Morgan fingerprint density at radius 3 is 1.77 bits per heavy atom. The number of hydrogen-bond acceptors (Lipinski definition) is 3. The van der Waals surface area contributed by atoms with Crippen molar-refractivity contribution in [2.75, 3.05) is 32.8 Å². The van der Waals surface area contributed by atoms with Crippen molar-refractivity contribution < 1.29 is 9.84 Å². The van der Waals surface area contributed by atoms with E-state index in [0.717, 1.165) is 42.1 Å². The molecule has 0 spiro atoms. The Balaban J connectivity index is 1.94. The van der Waals surface area contributed by atoms with Gasteiger partial charge in [0.25, 0.3) is 0 Å². The lowest BCUT2D eigenvalue weighted by Crippen LogP contribution is -2.33. The molecule has 0 saturated carbocycles. The minimum atomic E-state index is -0.683. The molecule has 0 bridgehead atoms. The Hall–Kier alpha value is -2.33. The van der Waals surface area contributed by atoms with Crippen molar-refractivity contribution >= 4 is 11.6 Å². The maximum atomic E-state index is 10.7. The molecule has 0 heterocycles. The fourth-order valence-corrected chi connectivity index (χ4v) is 4.14. The van der Waals surface area contributed by atoms with E-state index in [1.807, 2.05) is 36.4 Å². The third kappa shape index (κ3) is 5.30. The zero-order valence-corrected chi connectivity index (χ0v) is 19.4. The summed E-state index contributed by atoms with van der Waals surface area (Å²) in [5.74, 6) is 0.836. The maximum Gasteiger partial charge on any atom is 0.119 e. The van der Waals surface area contributed by atoms with Gasteiger partial charge in [0, 0.05) is 11.6 Å². The molecule has 3 nitrogen and oxygen atoms in total. The Bertz CT molecular complexity index is 887. The fraction of sp³-hybridized carbons (Fsp3) is 0.333. The number of halogens is 1. The number of hydrogen-bond donors (Lipinski definition) is 1. The third-order valence-electron chi connectivity index (χ3n) is 6.04. The zero-order chi connectivity index (χ0) is 22.3. The summed E-state index contributed by atoms with van der Waals surface area (Å²) in [4.78, 5) is 2.34. The van der Waals surface area contributed by atoms with Crippen LogP contribution in [0.2, 0.25) is 5.02 Å². The van der Waals surface area contributed by atoms with Gasteiger partial charge < -0.3 is 14.7 Å². The number of ether oxygens (including phenoxy) is 1. The maximum absolute atomic E-state index is 10.7. The Morgan fingerprint density at radius 1 is 0.806 bits per heavy atom. The molecule has 0 aliphatic rings. The average molecular weight is 438 g/mol. The number of benzene rings is 3. The standard InChI is InChI=1S/C27H32ClNO2/c1-4-29(5-2)18-19-31-26-16-12-24(13-17-26)27(20-30,22-8-6-21(3)7-9-22)23-10-14-25(28)15-11-23/h6-17,30H,4-5,18-20H2,1-3H3. The van der Waals surface area contributed by atoms with Crippen molar-refractivity contribution in [3.63, 3.8) is 0 Å². The molecular formula is C27H32ClNO2. The van der Waals surface area contributed by atoms with E-state index >= 15 is 0 Å². The van der Waals surface area contributed by atoms with Crippen molar-refractivity contribution in [1.29, 1.82) is 0 Å². The van der Waals surface area contributed by atoms with Crippen LogP contribution < -0.4 is 4.74 Å². The molecule has 0 amide bonds. The normalized spacial score (nSPS) is 13.2. The highest BCUT2D eigenvalue weighted by molar-refractivity contribution is 6.30. The van der Waals surface area contributed by atoms with Crippen LogP contribution in [0.5, 0.6) is 5.75 Å². The number of nitrogens with zero attached hydrogens (tertiary/aromatic N) is 1. The molecule has 3 aromatic carbocycles. The first kappa shape index (κ1) is 23.3. The van der Waals surface area contributed by atoms with E-state index in [9.17, 15) is 5.11 Å². The highest BCUT2D eigenvalue weighted by atomic mass is 35.5. The van der Waals surface area contributed by atoms with E-state index < -0.39 is 5.41 Å². The van der Waals surface area contributed by atoms with Crippen LogP contribution in [0.3, 0.4) is 0 Å². The lowest BCUT2D eigenvalue weighted by Gasteiger charge is -2.34. The summed E-state index contributed by atoms with van der Waals surface area (Å²) in [5.41, 5.74) is 3.55. The predicted molar refractivity (Wildman–Crippen MR) is 129 cm³/mol. The first-order chi connectivity index (χ1) is 15.0. The zero-order valence-electron chi connectivity index (χ0n) is 18.6. The average Bonchev–Trinajstić information content (AvgIpc) is 2.80. The second-order valence-electron chi connectivity index (χ2n) is 7.84. The van der Waals surface area contributed by atoms with E-state index in [-0.39, 0.29) is 6.61 Å². The second-order valence-corrected chi connectivity index (χ2v) is 8.27. The Labute approximate surface area is 191 Å². The molecule has 0 aromatic heterocycles. The van der Waals surface area contributed by atoms with Gasteiger partial charge >= 0.3 is 0 Å². The number of aryl methyl sites for hydroxylation is 1. The monoisotopic (exact) mass is 437 g/mol. The van der Waals surface area contributed by atoms with Gasteiger partial charge in [-0.2, -0.15) is 0 Å². The Kier molecular flexibility index (Phi) is 8.14. The van der Waals surface area contributed by atoms with E-state index in [4.69, 9.17) is 16.3 Å². The van der Waals surface area contributed by atoms with Gasteiger partial charge in [-0.3, -0.25) is 0 Å². The molecule has 0 fully saturated rings. The molecule has 0 radical (unpaired) electrons. The first-order valence-corrected chi connectivity index (χ1v) is 11.3. The predicted octanol–water partition coefficient (Wildman–Crippen LogP) is 5.70. The number of aliphatic hydroxyl groups excluding tert-OH is 1. The smallest absolute Gasteiger partial charge is 0.119 e. The second kappa shape index (κ2) is 10.8. The van der Waals surface area contributed by atoms with Gasteiger partial charge in [-0.1, -0.05) is 79.5 Å². The van der Waals surface area contributed by atoms with Crippen LogP contribution in [0.1, 0.15) is 36.1 Å². The quantitative estimate of drug-likeness (QED) is 0.413. The lowest BCUT2D eigenvalue weighted by atomic mass is 9.70. The van der Waals surface area contributed by atoms with Gasteiger partial charge in [-0.05, 0) is 61.0 Å². The summed E-state index contributed by atoms with van der Waals surface area (Å²) < 4.78 is 5.96. The van der Waals surface area contributed by atoms with Crippen LogP contribution in [0.25, 0.3) is 0 Å². The highest BCUT2D eigenvalue weighted by Gasteiger charge is 2.35. The molecule has 3 aromatic rings. The molecule has 3 rings (SSSR count). The van der Waals surface area contributed by atoms with Crippen LogP contribution in [0.4, 0.5) is 0 Å². The van der Waals surface area contributed by atoms with Gasteiger partial charge in [-0.15, -0.1) is 0 Å². The van der Waals surface area contributed by atoms with Gasteiger partial charge in [0.2, 0.25) is 0 Å². The molecule has 4 heteroatoms. The molecule has 0 aliphatic carbocycles. The molecule has 1 N–H and O–H groups in total. The van der Waals surface area contributed by atoms with Gasteiger partial charge in [0.1, 0.15) is 12.4 Å². The summed E-state index contributed by atoms with van der Waals surface area (Å²) in [7, 11) is 0. The van der Waals surface area contributed by atoms with E-state index in [0.29, 0.717) is 11.6 Å². The van der Waals surface area contributed by atoms with Crippen molar-refractivity contribution in [3.8, 4) is 5.75 Å². The summed E-state index contributed by atoms with van der Waals surface area (Å²) >= 11 is 6.15. The fourth-order valence-electron chi connectivity index (χ4n) is 4.01. The van der Waals surface area contributed by atoms with Crippen molar-refractivity contribution in [2.45, 2.75) is 26.2 Å². The summed E-state index contributed by atoms with van der Waals surface area (Å²) in [6.45, 7) is 9.94. The minimum absolute atomic E-state index is 0.0557. The van der Waals surface area contributed by atoms with Crippen LogP contribution in [0, 0.1) is 6.92 Å². The SMILES string of the molecule is CCN(CC)CCOc1ccc(C(CO)(c2ccc(C)cc2)c2ccc(Cl)cc2)cc1. The topological polar surface area (TPSA) is 32.7 Å². The number of likely N-dealkylation sites (N-methyl/N-ethyl adjacent to an activating group) is 1. The first-order valence-electron chi connectivity index (χ1n) is 10.9. The molecule has 1 atom stereocenters. The van der Waals surface area contributed by atoms with E-state index in [1.165, 1.54) is 5.56 Å². The highest BCUT2D eigenvalue weighted by Crippen LogP contribution is 2.40. The molecule has 1 unspecified atom stereocenters. The van der Waals surface area contributed by atoms with Gasteiger partial charge in [-0.25, -0.2) is 0 Å². The number of aliphatic hydroxyl groups is 1. The number of rotatable bonds is 10. The van der Waals surface area contributed by atoms with Crippen molar-refractivity contribution in [2.24, 2.45) is 0 Å². The largest absolute Gasteiger partial charge is 0.492 e. The Morgan fingerprint density at radius 2 is 1.29 bits per heavy atom. The molecular weight excluding hydrogens is 406 g/mol. The van der Waals surface area contributed by atoms with Gasteiger partial charge in [0.05, 0.1) is 12.0 Å². The van der Waals surface area contributed by atoms with Gasteiger partial charge in [0.15, 0.2) is 0 Å². The van der Waals surface area contributed by atoms with E-state index in [2.05, 4.69) is 62.1 Å². The molecule has 0 aliphatic heterocycles. The molecule has 31 heavy (non-hydrogen) atoms. The van der Waals surface area contributed by atoms with Crippen LogP contribution in [-0.2, 0) is 5.41 Å². The van der Waals surface area contributed by atoms with Crippen molar-refractivity contribution in [1.82, 2.24) is 4.90 Å². The summed E-state index contributed by atoms with van der Waals surface area (Å²) in [6.07, 6.45) is 0. The van der Waals surface area contributed by atoms with Crippen LogP contribution >= 0.6 is 11.6 Å². The van der Waals surface area contributed by atoms with Crippen molar-refractivity contribution in [3.05, 3.63) is 100 Å².